The largest absolute Gasteiger partial charge is 1.00 e. The number of ketones is 1. The molecule has 0 aliphatic heterocycles. The molecule has 0 saturated carbocycles. The van der Waals surface area contributed by atoms with E-state index in [1.54, 1.807) is 12.1 Å². The number of imidazole rings is 1. The van der Waals surface area contributed by atoms with Gasteiger partial charge < -0.3 is 37.5 Å². The summed E-state index contributed by atoms with van der Waals surface area (Å²) in [6.45, 7) is 3.62. The van der Waals surface area contributed by atoms with Crippen molar-refractivity contribution in [1.82, 2.24) is 15.2 Å². The smallest absolute Gasteiger partial charge is 0.407 e. The maximum absolute atomic E-state index is 12.7. The number of benzene rings is 2. The van der Waals surface area contributed by atoms with Gasteiger partial charge in [0.2, 0.25) is 5.91 Å². The molecule has 214 valence electrons. The number of Topliss-reactive ketones (excluding diaryl/α,β-unsaturated/α-hetero) is 1. The second kappa shape index (κ2) is 15.8. The number of halogens is 1. The van der Waals surface area contributed by atoms with Gasteiger partial charge in [-0.15, -0.1) is 0 Å². The van der Waals surface area contributed by atoms with E-state index in [0.717, 1.165) is 27.8 Å². The molecule has 40 heavy (non-hydrogen) atoms. The summed E-state index contributed by atoms with van der Waals surface area (Å²) in [7, 11) is 1.94. The molecular formula is C28H33BrN4O6S. The molecule has 1 heterocycles. The fourth-order valence-electron chi connectivity index (χ4n) is 3.84. The van der Waals surface area contributed by atoms with E-state index in [2.05, 4.69) is 15.2 Å². The third-order valence-corrected chi connectivity index (χ3v) is 7.35. The van der Waals surface area contributed by atoms with Crippen molar-refractivity contribution >= 4 is 35.5 Å². The lowest BCUT2D eigenvalue weighted by molar-refractivity contribution is -0.714. The van der Waals surface area contributed by atoms with Gasteiger partial charge in [-0.3, -0.25) is 9.59 Å². The highest BCUT2D eigenvalue weighted by Gasteiger charge is 2.27. The molecular weight excluding hydrogens is 600 g/mol. The van der Waals surface area contributed by atoms with Crippen LogP contribution in [0.1, 0.15) is 29.8 Å². The Morgan fingerprint density at radius 3 is 2.27 bits per heavy atom. The van der Waals surface area contributed by atoms with Gasteiger partial charge in [-0.25, -0.2) is 14.2 Å². The number of amides is 2. The van der Waals surface area contributed by atoms with Crippen molar-refractivity contribution in [3.05, 3.63) is 77.6 Å². The number of para-hydroxylation sites is 1. The van der Waals surface area contributed by atoms with Gasteiger partial charge in [0.15, 0.2) is 0 Å². The molecule has 0 saturated heterocycles. The van der Waals surface area contributed by atoms with Crippen LogP contribution in [0.5, 0.6) is 0 Å². The number of nitrogens with zero attached hydrogens (tertiary/aromatic N) is 2. The second-order valence-electron chi connectivity index (χ2n) is 8.92. The average molecular weight is 634 g/mol. The molecule has 3 rings (SSSR count). The SMILES string of the molecule is Cc1c(C)[n+](C)c(SCC(=O)CC[C@H](NC(=O)CNC(=O)OCc2ccccc2)C(=O)O)n1-c1ccccc1.[Br-]. The Labute approximate surface area is 247 Å². The molecule has 2 amide bonds. The molecule has 3 N–H and O–H groups in total. The van der Waals surface area contributed by atoms with Crippen LogP contribution in [0.2, 0.25) is 0 Å². The number of nitrogens with one attached hydrogen (secondary N) is 2. The van der Waals surface area contributed by atoms with Crippen molar-refractivity contribution in [2.75, 3.05) is 12.3 Å². The van der Waals surface area contributed by atoms with E-state index in [9.17, 15) is 24.3 Å². The number of hydrogen-bond donors (Lipinski definition) is 3. The number of rotatable bonds is 13. The molecule has 1 atom stereocenters. The lowest BCUT2D eigenvalue weighted by Gasteiger charge is -2.14. The Morgan fingerprint density at radius 2 is 1.65 bits per heavy atom. The van der Waals surface area contributed by atoms with E-state index in [0.29, 0.717) is 0 Å². The lowest BCUT2D eigenvalue weighted by atomic mass is 10.1. The van der Waals surface area contributed by atoms with Gasteiger partial charge in [0, 0.05) is 20.3 Å². The summed E-state index contributed by atoms with van der Waals surface area (Å²) in [5.74, 6) is -1.94. The number of aromatic nitrogens is 2. The number of hydrogen-bond acceptors (Lipinski definition) is 6. The second-order valence-corrected chi connectivity index (χ2v) is 9.87. The summed E-state index contributed by atoms with van der Waals surface area (Å²) < 4.78 is 9.15. The zero-order valence-electron chi connectivity index (χ0n) is 22.6. The molecule has 10 nitrogen and oxygen atoms in total. The Hall–Kier alpha value is -3.64. The molecule has 12 heteroatoms. The zero-order valence-corrected chi connectivity index (χ0v) is 25.0. The number of ether oxygens (including phenoxy) is 1. The summed E-state index contributed by atoms with van der Waals surface area (Å²) in [6, 6.07) is 17.6. The van der Waals surface area contributed by atoms with E-state index in [1.165, 1.54) is 11.8 Å². The summed E-state index contributed by atoms with van der Waals surface area (Å²) in [5, 5.41) is 15.0. The van der Waals surface area contributed by atoms with E-state index < -0.39 is 30.6 Å². The van der Waals surface area contributed by atoms with Crippen molar-refractivity contribution in [3.8, 4) is 5.69 Å². The molecule has 0 radical (unpaired) electrons. The van der Waals surface area contributed by atoms with Crippen LogP contribution >= 0.6 is 11.8 Å². The molecule has 2 aromatic carbocycles. The minimum Gasteiger partial charge on any atom is -1.00 e. The van der Waals surface area contributed by atoms with Crippen molar-refractivity contribution < 1.29 is 50.6 Å². The van der Waals surface area contributed by atoms with Gasteiger partial charge in [0.05, 0.1) is 12.8 Å². The minimum absolute atomic E-state index is 0. The zero-order chi connectivity index (χ0) is 28.4. The first kappa shape index (κ1) is 32.6. The van der Waals surface area contributed by atoms with Crippen LogP contribution in [0.15, 0.2) is 65.8 Å². The van der Waals surface area contributed by atoms with Crippen molar-refractivity contribution in [1.29, 1.82) is 0 Å². The predicted molar refractivity (Wildman–Crippen MR) is 146 cm³/mol. The van der Waals surface area contributed by atoms with E-state index >= 15 is 0 Å². The quantitative estimate of drug-likeness (QED) is 0.177. The van der Waals surface area contributed by atoms with E-state index in [-0.39, 0.29) is 48.0 Å². The number of carboxylic acids is 1. The number of carbonyl (C=O) groups excluding carboxylic acids is 3. The van der Waals surface area contributed by atoms with Crippen molar-refractivity contribution in [3.63, 3.8) is 0 Å². The van der Waals surface area contributed by atoms with Gasteiger partial charge in [-0.2, -0.15) is 4.57 Å². The van der Waals surface area contributed by atoms with E-state index in [4.69, 9.17) is 4.74 Å². The molecule has 0 bridgehead atoms. The number of carbonyl (C=O) groups is 4. The van der Waals surface area contributed by atoms with Crippen LogP contribution in [-0.2, 0) is 32.8 Å². The van der Waals surface area contributed by atoms with Crippen LogP contribution in [0.25, 0.3) is 5.69 Å². The van der Waals surface area contributed by atoms with Gasteiger partial charge in [0.1, 0.15) is 42.1 Å². The predicted octanol–water partition coefficient (Wildman–Crippen LogP) is -0.140. The third kappa shape index (κ3) is 9.23. The highest BCUT2D eigenvalue weighted by molar-refractivity contribution is 7.99. The molecule has 0 fully saturated rings. The summed E-state index contributed by atoms with van der Waals surface area (Å²) in [5.41, 5.74) is 3.91. The average Bonchev–Trinajstić information content (AvgIpc) is 3.15. The first-order valence-corrected chi connectivity index (χ1v) is 13.4. The Balaban J connectivity index is 0.00000560. The third-order valence-electron chi connectivity index (χ3n) is 6.17. The first-order valence-electron chi connectivity index (χ1n) is 12.4. The van der Waals surface area contributed by atoms with Gasteiger partial charge >= 0.3 is 17.2 Å². The van der Waals surface area contributed by atoms with Gasteiger partial charge in [-0.05, 0) is 35.9 Å². The lowest BCUT2D eigenvalue weighted by Crippen LogP contribution is -3.00. The van der Waals surface area contributed by atoms with Gasteiger partial charge in [0.25, 0.3) is 0 Å². The van der Waals surface area contributed by atoms with Crippen molar-refractivity contribution in [2.24, 2.45) is 7.05 Å². The normalized spacial score (nSPS) is 11.2. The van der Waals surface area contributed by atoms with Crippen LogP contribution in [0, 0.1) is 13.8 Å². The maximum atomic E-state index is 12.7. The van der Waals surface area contributed by atoms with Crippen LogP contribution < -0.4 is 32.2 Å². The topological polar surface area (TPSA) is 131 Å². The molecule has 0 aliphatic rings. The monoisotopic (exact) mass is 632 g/mol. The first-order chi connectivity index (χ1) is 18.7. The minimum atomic E-state index is -1.26. The fourth-order valence-corrected chi connectivity index (χ4v) is 4.97. The highest BCUT2D eigenvalue weighted by atomic mass is 79.9. The van der Waals surface area contributed by atoms with Crippen molar-refractivity contribution in [2.45, 2.75) is 44.5 Å². The molecule has 1 aromatic heterocycles. The van der Waals surface area contributed by atoms with Crippen LogP contribution in [-0.4, -0.2) is 51.8 Å². The molecule has 0 spiro atoms. The number of carboxylic acid groups (broad SMARTS) is 1. The van der Waals surface area contributed by atoms with Crippen LogP contribution in [0.4, 0.5) is 4.79 Å². The fraction of sp³-hybridized carbons (Fsp3) is 0.321. The summed E-state index contributed by atoms with van der Waals surface area (Å²) >= 11 is 1.38. The Kier molecular flexibility index (Phi) is 12.9. The summed E-state index contributed by atoms with van der Waals surface area (Å²) in [6.07, 6.45) is -0.889. The number of alkyl carbamates (subject to hydrolysis) is 1. The standard InChI is InChI=1S/C28H32N4O6S.BrH/c1-19-20(2)32(22-12-8-5-9-13-22)28(31(19)3)39-18-23(33)14-15-24(26(35)36)30-25(34)16-29-27(37)38-17-21-10-6-4-7-11-21;/h4-13,24H,14-18H2,1-3H3,(H2-,29,30,34,35,36,37);1H/t24-;/m0./s1. The number of thioether (sulfide) groups is 1. The molecule has 0 aliphatic carbocycles. The molecule has 0 unspecified atom stereocenters. The van der Waals surface area contributed by atoms with E-state index in [1.807, 2.05) is 74.0 Å². The number of aliphatic carboxylic acids is 1. The highest BCUT2D eigenvalue weighted by Crippen LogP contribution is 2.24. The summed E-state index contributed by atoms with van der Waals surface area (Å²) in [4.78, 5) is 48.3. The Morgan fingerprint density at radius 1 is 1.02 bits per heavy atom. The van der Waals surface area contributed by atoms with Crippen LogP contribution in [0.3, 0.4) is 0 Å². The maximum Gasteiger partial charge on any atom is 0.407 e. The van der Waals surface area contributed by atoms with Gasteiger partial charge in [-0.1, -0.05) is 48.5 Å². The molecule has 3 aromatic rings. The Bertz CT molecular complexity index is 1320.